The zero-order chi connectivity index (χ0) is 9.80. The summed E-state index contributed by atoms with van der Waals surface area (Å²) in [6.07, 6.45) is 6.40. The number of ketones is 1. The van der Waals surface area contributed by atoms with Gasteiger partial charge in [0.1, 0.15) is 5.76 Å². The fourth-order valence-electron chi connectivity index (χ4n) is 1.12. The highest BCUT2D eigenvalue weighted by Crippen LogP contribution is 2.04. The molecule has 1 N–H and O–H groups in total. The number of carbonyl (C=O) groups is 1. The molecule has 0 fully saturated rings. The van der Waals surface area contributed by atoms with Gasteiger partial charge in [0.05, 0.1) is 12.0 Å². The van der Waals surface area contributed by atoms with E-state index in [-0.39, 0.29) is 5.78 Å². The molecule has 0 unspecified atom stereocenters. The van der Waals surface area contributed by atoms with E-state index in [0.29, 0.717) is 11.5 Å². The second-order valence-electron chi connectivity index (χ2n) is 2.80. The molecule has 14 heavy (non-hydrogen) atoms. The smallest absolute Gasteiger partial charge is 0.202 e. The van der Waals surface area contributed by atoms with Gasteiger partial charge in [-0.2, -0.15) is 0 Å². The Labute approximate surface area is 81.1 Å². The second kappa shape index (κ2) is 3.79. The summed E-state index contributed by atoms with van der Waals surface area (Å²) in [6.45, 7) is 0. The van der Waals surface area contributed by atoms with Crippen LogP contribution in [0, 0.1) is 0 Å². The highest BCUT2D eigenvalue weighted by Gasteiger charge is 2.00. The first kappa shape index (κ1) is 8.56. The summed E-state index contributed by atoms with van der Waals surface area (Å²) in [6, 6.07) is 7.08. The van der Waals surface area contributed by atoms with Crippen molar-refractivity contribution in [2.75, 3.05) is 0 Å². The van der Waals surface area contributed by atoms with Gasteiger partial charge in [0, 0.05) is 6.20 Å². The Hall–Kier alpha value is -2.03. The van der Waals surface area contributed by atoms with Crippen molar-refractivity contribution >= 4 is 11.9 Å². The SMILES string of the molecule is O=C(/C=C\c1ccco1)c1ccc[nH]1. The zero-order valence-electron chi connectivity index (χ0n) is 7.44. The quantitative estimate of drug-likeness (QED) is 0.592. The molecule has 2 aromatic heterocycles. The molecule has 0 aromatic carbocycles. The van der Waals surface area contributed by atoms with E-state index in [0.717, 1.165) is 0 Å². The van der Waals surface area contributed by atoms with Gasteiger partial charge in [0.2, 0.25) is 5.78 Å². The molecule has 0 saturated heterocycles. The van der Waals surface area contributed by atoms with Crippen molar-refractivity contribution in [2.24, 2.45) is 0 Å². The number of hydrogen-bond acceptors (Lipinski definition) is 2. The van der Waals surface area contributed by atoms with Crippen LogP contribution in [0.4, 0.5) is 0 Å². The van der Waals surface area contributed by atoms with Gasteiger partial charge in [-0.25, -0.2) is 0 Å². The van der Waals surface area contributed by atoms with E-state index in [1.54, 1.807) is 42.8 Å². The first-order chi connectivity index (χ1) is 6.86. The average molecular weight is 187 g/mol. The molecule has 0 radical (unpaired) electrons. The Morgan fingerprint density at radius 3 is 2.93 bits per heavy atom. The third kappa shape index (κ3) is 1.82. The number of hydrogen-bond donors (Lipinski definition) is 1. The molecule has 3 nitrogen and oxygen atoms in total. The number of H-pyrrole nitrogens is 1. The van der Waals surface area contributed by atoms with Crippen molar-refractivity contribution in [3.8, 4) is 0 Å². The first-order valence-corrected chi connectivity index (χ1v) is 4.25. The normalized spacial score (nSPS) is 10.9. The average Bonchev–Trinajstić information content (AvgIpc) is 2.87. The summed E-state index contributed by atoms with van der Waals surface area (Å²) >= 11 is 0. The van der Waals surface area contributed by atoms with Crippen molar-refractivity contribution in [2.45, 2.75) is 0 Å². The molecule has 0 spiro atoms. The van der Waals surface area contributed by atoms with Gasteiger partial charge in [-0.15, -0.1) is 0 Å². The molecular weight excluding hydrogens is 178 g/mol. The minimum Gasteiger partial charge on any atom is -0.465 e. The lowest BCUT2D eigenvalue weighted by atomic mass is 10.2. The van der Waals surface area contributed by atoms with Crippen LogP contribution < -0.4 is 0 Å². The number of aromatic amines is 1. The maximum atomic E-state index is 11.4. The van der Waals surface area contributed by atoms with E-state index in [9.17, 15) is 4.79 Å². The number of carbonyl (C=O) groups excluding carboxylic acids is 1. The summed E-state index contributed by atoms with van der Waals surface area (Å²) in [4.78, 5) is 14.3. The van der Waals surface area contributed by atoms with Crippen molar-refractivity contribution in [1.82, 2.24) is 4.98 Å². The van der Waals surface area contributed by atoms with E-state index in [2.05, 4.69) is 4.98 Å². The van der Waals surface area contributed by atoms with Gasteiger partial charge < -0.3 is 9.40 Å². The Morgan fingerprint density at radius 1 is 1.36 bits per heavy atom. The highest BCUT2D eigenvalue weighted by atomic mass is 16.3. The van der Waals surface area contributed by atoms with E-state index in [1.807, 2.05) is 0 Å². The third-order valence-electron chi connectivity index (χ3n) is 1.81. The van der Waals surface area contributed by atoms with Gasteiger partial charge in [-0.1, -0.05) is 0 Å². The minimum absolute atomic E-state index is 0.0635. The summed E-state index contributed by atoms with van der Waals surface area (Å²) in [5.41, 5.74) is 0.577. The highest BCUT2D eigenvalue weighted by molar-refractivity contribution is 6.05. The van der Waals surface area contributed by atoms with Gasteiger partial charge in [0.25, 0.3) is 0 Å². The van der Waals surface area contributed by atoms with Crippen molar-refractivity contribution in [3.63, 3.8) is 0 Å². The lowest BCUT2D eigenvalue weighted by Gasteiger charge is -1.87. The Bertz CT molecular complexity index is 424. The maximum Gasteiger partial charge on any atom is 0.202 e. The van der Waals surface area contributed by atoms with Crippen LogP contribution in [0.2, 0.25) is 0 Å². The summed E-state index contributed by atoms with van der Waals surface area (Å²) < 4.78 is 5.05. The van der Waals surface area contributed by atoms with E-state index >= 15 is 0 Å². The Morgan fingerprint density at radius 2 is 2.29 bits per heavy atom. The Kier molecular flexibility index (Phi) is 2.32. The number of allylic oxidation sites excluding steroid dienone is 1. The number of furan rings is 1. The van der Waals surface area contributed by atoms with Crippen LogP contribution in [-0.2, 0) is 0 Å². The van der Waals surface area contributed by atoms with Gasteiger partial charge in [-0.05, 0) is 36.4 Å². The predicted octanol–water partition coefficient (Wildman–Crippen LogP) is 2.50. The molecule has 0 aliphatic carbocycles. The summed E-state index contributed by atoms with van der Waals surface area (Å²) in [7, 11) is 0. The predicted molar refractivity (Wildman–Crippen MR) is 52.9 cm³/mol. The molecule has 3 heteroatoms. The molecule has 0 aliphatic rings. The zero-order valence-corrected chi connectivity index (χ0v) is 7.44. The van der Waals surface area contributed by atoms with E-state index in [1.165, 1.54) is 6.08 Å². The molecule has 70 valence electrons. The van der Waals surface area contributed by atoms with Crippen LogP contribution >= 0.6 is 0 Å². The number of nitrogens with one attached hydrogen (secondary N) is 1. The fraction of sp³-hybridized carbons (Fsp3) is 0. The van der Waals surface area contributed by atoms with E-state index in [4.69, 9.17) is 4.42 Å². The molecule has 0 amide bonds. The fourth-order valence-corrected chi connectivity index (χ4v) is 1.12. The van der Waals surface area contributed by atoms with E-state index < -0.39 is 0 Å². The van der Waals surface area contributed by atoms with Crippen LogP contribution in [0.1, 0.15) is 16.2 Å². The van der Waals surface area contributed by atoms with Crippen LogP contribution in [0.5, 0.6) is 0 Å². The second-order valence-corrected chi connectivity index (χ2v) is 2.80. The monoisotopic (exact) mass is 187 g/mol. The number of rotatable bonds is 3. The molecule has 0 aliphatic heterocycles. The molecule has 2 heterocycles. The standard InChI is InChI=1S/C11H9NO2/c13-11(10-4-1-7-12-10)6-5-9-3-2-8-14-9/h1-8,12H/b6-5-. The minimum atomic E-state index is -0.0635. The molecule has 2 aromatic rings. The van der Waals surface area contributed by atoms with Gasteiger partial charge >= 0.3 is 0 Å². The molecule has 0 bridgehead atoms. The molecule has 0 saturated carbocycles. The Balaban J connectivity index is 2.09. The number of aromatic nitrogens is 1. The topological polar surface area (TPSA) is 46.0 Å². The van der Waals surface area contributed by atoms with Crippen LogP contribution in [0.15, 0.2) is 47.2 Å². The molecule has 2 rings (SSSR count). The summed E-state index contributed by atoms with van der Waals surface area (Å²) in [5.74, 6) is 0.608. The van der Waals surface area contributed by atoms with Gasteiger partial charge in [-0.3, -0.25) is 4.79 Å². The van der Waals surface area contributed by atoms with Crippen molar-refractivity contribution in [3.05, 3.63) is 54.3 Å². The van der Waals surface area contributed by atoms with Gasteiger partial charge in [0.15, 0.2) is 0 Å². The van der Waals surface area contributed by atoms with Crippen molar-refractivity contribution in [1.29, 1.82) is 0 Å². The molecule has 0 atom stereocenters. The molecular formula is C11H9NO2. The van der Waals surface area contributed by atoms with Crippen LogP contribution in [0.25, 0.3) is 6.08 Å². The lowest BCUT2D eigenvalue weighted by molar-refractivity contribution is 0.104. The third-order valence-corrected chi connectivity index (χ3v) is 1.81. The first-order valence-electron chi connectivity index (χ1n) is 4.25. The largest absolute Gasteiger partial charge is 0.465 e. The maximum absolute atomic E-state index is 11.4. The van der Waals surface area contributed by atoms with Crippen LogP contribution in [-0.4, -0.2) is 10.8 Å². The summed E-state index contributed by atoms with van der Waals surface area (Å²) in [5, 5.41) is 0. The van der Waals surface area contributed by atoms with Crippen molar-refractivity contribution < 1.29 is 9.21 Å². The van der Waals surface area contributed by atoms with Crippen LogP contribution in [0.3, 0.4) is 0 Å². The lowest BCUT2D eigenvalue weighted by Crippen LogP contribution is -1.92.